The Bertz CT molecular complexity index is 873. The highest BCUT2D eigenvalue weighted by Crippen LogP contribution is 2.28. The number of rotatable bonds is 6. The number of carbonyl (C=O) groups is 1. The summed E-state index contributed by atoms with van der Waals surface area (Å²) in [6.07, 6.45) is -0.638. The van der Waals surface area contributed by atoms with Crippen molar-refractivity contribution in [3.8, 4) is 5.75 Å². The van der Waals surface area contributed by atoms with Crippen molar-refractivity contribution in [1.82, 2.24) is 9.46 Å². The van der Waals surface area contributed by atoms with Gasteiger partial charge < -0.3 is 14.0 Å². The average Bonchev–Trinajstić information content (AvgIpc) is 3.00. The molecule has 0 saturated carbocycles. The van der Waals surface area contributed by atoms with Crippen molar-refractivity contribution < 1.29 is 27.2 Å². The smallest absolute Gasteiger partial charge is 0.338 e. The number of sulfonamides is 1. The highest BCUT2D eigenvalue weighted by atomic mass is 32.2. The number of hydrogen-bond donors (Lipinski definition) is 0. The first kappa shape index (κ1) is 18.9. The Morgan fingerprint density at radius 2 is 1.96 bits per heavy atom. The molecule has 0 radical (unpaired) electrons. The Labute approximate surface area is 146 Å². The lowest BCUT2D eigenvalue weighted by atomic mass is 10.2. The van der Waals surface area contributed by atoms with Gasteiger partial charge in [-0.25, -0.2) is 17.5 Å². The summed E-state index contributed by atoms with van der Waals surface area (Å²) in [6.45, 7) is 3.38. The fourth-order valence-electron chi connectivity index (χ4n) is 2.07. The van der Waals surface area contributed by atoms with E-state index >= 15 is 0 Å². The fourth-order valence-corrected chi connectivity index (χ4v) is 3.14. The van der Waals surface area contributed by atoms with Crippen LogP contribution in [0.4, 0.5) is 0 Å². The molecule has 0 aliphatic carbocycles. The van der Waals surface area contributed by atoms with Gasteiger partial charge >= 0.3 is 5.97 Å². The lowest BCUT2D eigenvalue weighted by molar-refractivity contribution is 0.0323. The maximum atomic E-state index is 12.4. The third-order valence-corrected chi connectivity index (χ3v) is 5.34. The second-order valence-electron chi connectivity index (χ2n) is 5.56. The van der Waals surface area contributed by atoms with E-state index in [1.54, 1.807) is 19.9 Å². The lowest BCUT2D eigenvalue weighted by Crippen LogP contribution is -2.23. The number of benzene rings is 1. The first-order valence-corrected chi connectivity index (χ1v) is 8.85. The maximum Gasteiger partial charge on any atom is 0.338 e. The molecule has 2 rings (SSSR count). The summed E-state index contributed by atoms with van der Waals surface area (Å²) in [5, 5.41) is 3.80. The Balaban J connectivity index is 2.32. The van der Waals surface area contributed by atoms with Crippen LogP contribution in [0, 0.1) is 6.92 Å². The Morgan fingerprint density at radius 1 is 1.28 bits per heavy atom. The standard InChI is InChI=1S/C16H20N2O6S/c1-10-8-13(17-24-10)11(2)23-16(19)12-6-7-14(22-5)15(9-12)25(20,21)18(3)4/h6-9,11H,1-5H3/t11-/m1/s1. The molecule has 9 heteroatoms. The van der Waals surface area contributed by atoms with Gasteiger partial charge in [-0.1, -0.05) is 5.16 Å². The molecule has 1 aromatic carbocycles. The molecule has 1 aromatic heterocycles. The Kier molecular flexibility index (Phi) is 5.48. The van der Waals surface area contributed by atoms with Crippen LogP contribution >= 0.6 is 0 Å². The molecule has 8 nitrogen and oxygen atoms in total. The van der Waals surface area contributed by atoms with Crippen LogP contribution in [0.3, 0.4) is 0 Å². The molecule has 0 fully saturated rings. The molecule has 0 aliphatic rings. The molecule has 0 unspecified atom stereocenters. The SMILES string of the molecule is COc1ccc(C(=O)O[C@H](C)c2cc(C)on2)cc1S(=O)(=O)N(C)C. The van der Waals surface area contributed by atoms with Gasteiger partial charge in [0.25, 0.3) is 0 Å². The molecule has 0 spiro atoms. The van der Waals surface area contributed by atoms with E-state index in [1.165, 1.54) is 39.4 Å². The fraction of sp³-hybridized carbons (Fsp3) is 0.375. The zero-order valence-electron chi connectivity index (χ0n) is 14.6. The summed E-state index contributed by atoms with van der Waals surface area (Å²) >= 11 is 0. The zero-order valence-corrected chi connectivity index (χ0v) is 15.5. The van der Waals surface area contributed by atoms with Crippen molar-refractivity contribution in [1.29, 1.82) is 0 Å². The number of carbonyl (C=O) groups excluding carboxylic acids is 1. The first-order valence-electron chi connectivity index (χ1n) is 7.41. The van der Waals surface area contributed by atoms with Gasteiger partial charge in [-0.05, 0) is 32.0 Å². The molecule has 1 heterocycles. The van der Waals surface area contributed by atoms with Crippen LogP contribution in [0.15, 0.2) is 33.7 Å². The quantitative estimate of drug-likeness (QED) is 0.720. The molecule has 2 aromatic rings. The minimum absolute atomic E-state index is 0.0910. The predicted octanol–water partition coefficient (Wildman–Crippen LogP) is 2.16. The van der Waals surface area contributed by atoms with Gasteiger partial charge in [-0.3, -0.25) is 0 Å². The van der Waals surface area contributed by atoms with E-state index in [1.807, 2.05) is 0 Å². The molecule has 0 amide bonds. The molecule has 0 bridgehead atoms. The second-order valence-corrected chi connectivity index (χ2v) is 7.68. The third kappa shape index (κ3) is 3.99. The van der Waals surface area contributed by atoms with Gasteiger partial charge in [0.1, 0.15) is 28.2 Å². The molecule has 0 aliphatic heterocycles. The monoisotopic (exact) mass is 368 g/mol. The summed E-state index contributed by atoms with van der Waals surface area (Å²) in [5.41, 5.74) is 0.564. The highest BCUT2D eigenvalue weighted by Gasteiger charge is 2.25. The van der Waals surface area contributed by atoms with Crippen molar-refractivity contribution in [2.45, 2.75) is 24.8 Å². The van der Waals surface area contributed by atoms with E-state index in [0.717, 1.165) is 4.31 Å². The largest absolute Gasteiger partial charge is 0.495 e. The minimum Gasteiger partial charge on any atom is -0.495 e. The van der Waals surface area contributed by atoms with Crippen molar-refractivity contribution in [3.63, 3.8) is 0 Å². The number of esters is 1. The summed E-state index contributed by atoms with van der Waals surface area (Å²) in [5.74, 6) is 0.0677. The van der Waals surface area contributed by atoms with Crippen LogP contribution in [0.1, 0.15) is 34.8 Å². The number of aryl methyl sites for hydroxylation is 1. The van der Waals surface area contributed by atoms with E-state index in [0.29, 0.717) is 11.5 Å². The van der Waals surface area contributed by atoms with Gasteiger partial charge in [0.2, 0.25) is 10.0 Å². The molecule has 1 atom stereocenters. The van der Waals surface area contributed by atoms with Gasteiger partial charge in [0.05, 0.1) is 12.7 Å². The van der Waals surface area contributed by atoms with Crippen LogP contribution in [-0.2, 0) is 14.8 Å². The Hall–Kier alpha value is -2.39. The molecule has 25 heavy (non-hydrogen) atoms. The maximum absolute atomic E-state index is 12.4. The minimum atomic E-state index is -3.78. The van der Waals surface area contributed by atoms with Gasteiger partial charge in [-0.15, -0.1) is 0 Å². The van der Waals surface area contributed by atoms with Gasteiger partial charge in [0, 0.05) is 20.2 Å². The summed E-state index contributed by atoms with van der Waals surface area (Å²) in [4.78, 5) is 12.2. The third-order valence-electron chi connectivity index (χ3n) is 3.50. The van der Waals surface area contributed by atoms with Crippen molar-refractivity contribution in [3.05, 3.63) is 41.3 Å². The van der Waals surface area contributed by atoms with Gasteiger partial charge in [-0.2, -0.15) is 0 Å². The number of methoxy groups -OCH3 is 1. The van der Waals surface area contributed by atoms with Crippen molar-refractivity contribution in [2.24, 2.45) is 0 Å². The summed E-state index contributed by atoms with van der Waals surface area (Å²) in [6, 6.07) is 5.75. The van der Waals surface area contributed by atoms with Crippen LogP contribution < -0.4 is 4.74 Å². The van der Waals surface area contributed by atoms with E-state index in [9.17, 15) is 13.2 Å². The van der Waals surface area contributed by atoms with E-state index in [2.05, 4.69) is 5.16 Å². The topological polar surface area (TPSA) is 98.9 Å². The normalized spacial score (nSPS) is 12.9. The lowest BCUT2D eigenvalue weighted by Gasteiger charge is -2.16. The van der Waals surface area contributed by atoms with Crippen LogP contribution in [0.25, 0.3) is 0 Å². The molecule has 136 valence electrons. The molecular weight excluding hydrogens is 348 g/mol. The number of aromatic nitrogens is 1. The first-order chi connectivity index (χ1) is 11.7. The van der Waals surface area contributed by atoms with Crippen LogP contribution in [-0.4, -0.2) is 45.1 Å². The number of nitrogens with zero attached hydrogens (tertiary/aromatic N) is 2. The van der Waals surface area contributed by atoms with E-state index in [-0.39, 0.29) is 16.2 Å². The Morgan fingerprint density at radius 3 is 2.48 bits per heavy atom. The molecule has 0 N–H and O–H groups in total. The van der Waals surface area contributed by atoms with Crippen LogP contribution in [0.2, 0.25) is 0 Å². The average molecular weight is 368 g/mol. The van der Waals surface area contributed by atoms with Crippen molar-refractivity contribution >= 4 is 16.0 Å². The zero-order chi connectivity index (χ0) is 18.8. The van der Waals surface area contributed by atoms with E-state index < -0.39 is 22.1 Å². The predicted molar refractivity (Wildman–Crippen MR) is 88.9 cm³/mol. The number of hydrogen-bond acceptors (Lipinski definition) is 7. The second kappa shape index (κ2) is 7.24. The van der Waals surface area contributed by atoms with E-state index in [4.69, 9.17) is 14.0 Å². The van der Waals surface area contributed by atoms with Crippen LogP contribution in [0.5, 0.6) is 5.75 Å². The summed E-state index contributed by atoms with van der Waals surface area (Å²) < 4.78 is 41.2. The van der Waals surface area contributed by atoms with Crippen molar-refractivity contribution in [2.75, 3.05) is 21.2 Å². The highest BCUT2D eigenvalue weighted by molar-refractivity contribution is 7.89. The number of ether oxygens (including phenoxy) is 2. The molecular formula is C16H20N2O6S. The van der Waals surface area contributed by atoms with Gasteiger partial charge in [0.15, 0.2) is 0 Å². The summed E-state index contributed by atoms with van der Waals surface area (Å²) in [7, 11) is 0.374. The molecule has 0 saturated heterocycles.